The normalized spacial score (nSPS) is 19.7. The van der Waals surface area contributed by atoms with Crippen LogP contribution in [-0.4, -0.2) is 29.4 Å². The maximum atomic E-state index is 11.9. The van der Waals surface area contributed by atoms with E-state index in [0.717, 1.165) is 16.9 Å². The summed E-state index contributed by atoms with van der Waals surface area (Å²) in [5.74, 6) is -0.875. The number of hydrogen-bond acceptors (Lipinski definition) is 4. The van der Waals surface area contributed by atoms with Crippen LogP contribution in [0.5, 0.6) is 0 Å². The van der Waals surface area contributed by atoms with Crippen molar-refractivity contribution in [1.29, 1.82) is 0 Å². The lowest BCUT2D eigenvalue weighted by Gasteiger charge is -2.27. The first kappa shape index (κ1) is 18.6. The second-order valence-electron chi connectivity index (χ2n) is 6.82. The van der Waals surface area contributed by atoms with E-state index in [1.54, 1.807) is 23.9 Å². The molecule has 1 N–H and O–H groups in total. The van der Waals surface area contributed by atoms with E-state index in [9.17, 15) is 14.7 Å². The highest BCUT2D eigenvalue weighted by molar-refractivity contribution is 8.00. The summed E-state index contributed by atoms with van der Waals surface area (Å²) in [5.41, 5.74) is 1.85. The Kier molecular flexibility index (Phi) is 5.43. The Morgan fingerprint density at radius 1 is 1.38 bits per heavy atom. The zero-order valence-corrected chi connectivity index (χ0v) is 15.4. The Bertz CT molecular complexity index is 678. The zero-order valence-electron chi connectivity index (χ0n) is 14.6. The smallest absolute Gasteiger partial charge is 0.335 e. The van der Waals surface area contributed by atoms with Crippen LogP contribution >= 0.6 is 11.8 Å². The molecule has 4 nitrogen and oxygen atoms in total. The van der Waals surface area contributed by atoms with Crippen LogP contribution in [0.25, 0.3) is 0 Å². The van der Waals surface area contributed by atoms with Crippen LogP contribution in [0.1, 0.15) is 55.5 Å². The first-order valence-electron chi connectivity index (χ1n) is 8.01. The number of esters is 1. The van der Waals surface area contributed by atoms with Crippen LogP contribution in [0.3, 0.4) is 0 Å². The van der Waals surface area contributed by atoms with Crippen molar-refractivity contribution in [3.63, 3.8) is 0 Å². The minimum atomic E-state index is -0.916. The SMILES string of the molecule is C=C(CC(C)(C)C(=O)OC)C1Sc2cc(C(=O)O)ccc2C1CC. The third-order valence-corrected chi connectivity index (χ3v) is 6.05. The van der Waals surface area contributed by atoms with Gasteiger partial charge in [-0.1, -0.05) is 25.1 Å². The van der Waals surface area contributed by atoms with Crippen molar-refractivity contribution in [3.05, 3.63) is 41.5 Å². The van der Waals surface area contributed by atoms with Gasteiger partial charge in [0.05, 0.1) is 18.1 Å². The van der Waals surface area contributed by atoms with Crippen molar-refractivity contribution in [3.8, 4) is 0 Å². The fraction of sp³-hybridized carbons (Fsp3) is 0.474. The average Bonchev–Trinajstić information content (AvgIpc) is 2.91. The Morgan fingerprint density at radius 2 is 2.04 bits per heavy atom. The molecule has 1 aliphatic rings. The van der Waals surface area contributed by atoms with Gasteiger partial charge in [0, 0.05) is 16.1 Å². The topological polar surface area (TPSA) is 63.6 Å². The number of carbonyl (C=O) groups excluding carboxylic acids is 1. The first-order chi connectivity index (χ1) is 11.2. The van der Waals surface area contributed by atoms with Crippen molar-refractivity contribution >= 4 is 23.7 Å². The first-order valence-corrected chi connectivity index (χ1v) is 8.89. The van der Waals surface area contributed by atoms with Gasteiger partial charge in [-0.05, 0) is 44.4 Å². The molecule has 2 unspecified atom stereocenters. The Hall–Kier alpha value is -1.75. The number of ether oxygens (including phenoxy) is 1. The summed E-state index contributed by atoms with van der Waals surface area (Å²) in [4.78, 5) is 24.1. The van der Waals surface area contributed by atoms with Crippen LogP contribution < -0.4 is 0 Å². The monoisotopic (exact) mass is 348 g/mol. The van der Waals surface area contributed by atoms with Crippen LogP contribution in [0.15, 0.2) is 35.2 Å². The quantitative estimate of drug-likeness (QED) is 0.606. The summed E-state index contributed by atoms with van der Waals surface area (Å²) in [6.07, 6.45) is 1.49. The largest absolute Gasteiger partial charge is 0.478 e. The molecule has 0 bridgehead atoms. The fourth-order valence-corrected chi connectivity index (χ4v) is 4.85. The lowest BCUT2D eigenvalue weighted by molar-refractivity contribution is -0.150. The number of thioether (sulfide) groups is 1. The number of aromatic carboxylic acids is 1. The number of hydrogen-bond donors (Lipinski definition) is 1. The molecule has 0 aliphatic carbocycles. The molecule has 0 amide bonds. The van der Waals surface area contributed by atoms with Gasteiger partial charge in [0.2, 0.25) is 0 Å². The highest BCUT2D eigenvalue weighted by atomic mass is 32.2. The van der Waals surface area contributed by atoms with Gasteiger partial charge in [0.25, 0.3) is 0 Å². The number of benzene rings is 1. The Balaban J connectivity index is 2.24. The van der Waals surface area contributed by atoms with Gasteiger partial charge in [-0.15, -0.1) is 11.8 Å². The molecule has 1 aliphatic heterocycles. The molecule has 0 radical (unpaired) electrons. The summed E-state index contributed by atoms with van der Waals surface area (Å²) < 4.78 is 4.88. The highest BCUT2D eigenvalue weighted by Crippen LogP contribution is 2.51. The molecule has 0 aromatic heterocycles. The zero-order chi connectivity index (χ0) is 18.1. The van der Waals surface area contributed by atoms with Gasteiger partial charge in [-0.2, -0.15) is 0 Å². The van der Waals surface area contributed by atoms with Crippen LogP contribution in [0, 0.1) is 5.41 Å². The molecule has 0 fully saturated rings. The van der Waals surface area contributed by atoms with E-state index in [1.165, 1.54) is 12.7 Å². The van der Waals surface area contributed by atoms with Gasteiger partial charge in [-0.25, -0.2) is 4.79 Å². The van der Waals surface area contributed by atoms with Crippen molar-refractivity contribution in [1.82, 2.24) is 0 Å². The molecule has 2 atom stereocenters. The Morgan fingerprint density at radius 3 is 2.58 bits per heavy atom. The molecule has 5 heteroatoms. The number of carbonyl (C=O) groups is 2. The van der Waals surface area contributed by atoms with Crippen LogP contribution in [-0.2, 0) is 9.53 Å². The summed E-state index contributed by atoms with van der Waals surface area (Å²) in [5, 5.41) is 9.33. The predicted molar refractivity (Wildman–Crippen MR) is 95.6 cm³/mol. The molecule has 24 heavy (non-hydrogen) atoms. The standard InChI is InChI=1S/C19H24O4S/c1-6-13-14-8-7-12(17(20)21)9-15(14)24-16(13)11(2)10-19(3,4)18(22)23-5/h7-9,13,16H,2,6,10H2,1,3-5H3,(H,20,21). The van der Waals surface area contributed by atoms with Crippen molar-refractivity contribution < 1.29 is 19.4 Å². The molecule has 1 aromatic rings. The minimum absolute atomic E-state index is 0.151. The third-order valence-electron chi connectivity index (χ3n) is 4.53. The van der Waals surface area contributed by atoms with Crippen LogP contribution in [0.2, 0.25) is 0 Å². The molecule has 1 aromatic carbocycles. The predicted octanol–water partition coefficient (Wildman–Crippen LogP) is 4.50. The van der Waals surface area contributed by atoms with Gasteiger partial charge in [0.1, 0.15) is 0 Å². The number of carboxylic acid groups (broad SMARTS) is 1. The third kappa shape index (κ3) is 3.51. The lowest BCUT2D eigenvalue weighted by Crippen LogP contribution is -2.28. The number of fused-ring (bicyclic) bond motifs is 1. The fourth-order valence-electron chi connectivity index (χ4n) is 3.28. The second kappa shape index (κ2) is 7.01. The van der Waals surface area contributed by atoms with E-state index >= 15 is 0 Å². The lowest BCUT2D eigenvalue weighted by atomic mass is 9.81. The molecule has 2 rings (SSSR count). The molecule has 0 saturated heterocycles. The van der Waals surface area contributed by atoms with Gasteiger partial charge in [0.15, 0.2) is 0 Å². The van der Waals surface area contributed by atoms with E-state index in [4.69, 9.17) is 4.74 Å². The Labute approximate surface area is 147 Å². The average molecular weight is 348 g/mol. The van der Waals surface area contributed by atoms with E-state index in [0.29, 0.717) is 12.0 Å². The number of methoxy groups -OCH3 is 1. The summed E-state index contributed by atoms with van der Waals surface area (Å²) in [6.45, 7) is 10.1. The summed E-state index contributed by atoms with van der Waals surface area (Å²) >= 11 is 1.65. The summed E-state index contributed by atoms with van der Waals surface area (Å²) in [7, 11) is 1.40. The number of rotatable bonds is 6. The van der Waals surface area contributed by atoms with Gasteiger partial charge < -0.3 is 9.84 Å². The van der Waals surface area contributed by atoms with E-state index in [-0.39, 0.29) is 17.1 Å². The maximum Gasteiger partial charge on any atom is 0.335 e. The van der Waals surface area contributed by atoms with E-state index < -0.39 is 11.4 Å². The maximum absolute atomic E-state index is 11.9. The molecular formula is C19H24O4S. The van der Waals surface area contributed by atoms with Crippen molar-refractivity contribution in [2.45, 2.75) is 49.7 Å². The second-order valence-corrected chi connectivity index (χ2v) is 8.00. The number of carboxylic acids is 1. The highest BCUT2D eigenvalue weighted by Gasteiger charge is 2.38. The molecule has 0 saturated carbocycles. The van der Waals surface area contributed by atoms with Crippen molar-refractivity contribution in [2.75, 3.05) is 7.11 Å². The molecule has 0 spiro atoms. The van der Waals surface area contributed by atoms with Gasteiger partial charge in [-0.3, -0.25) is 4.79 Å². The van der Waals surface area contributed by atoms with E-state index in [2.05, 4.69) is 13.5 Å². The molecule has 130 valence electrons. The van der Waals surface area contributed by atoms with E-state index in [1.807, 2.05) is 19.9 Å². The minimum Gasteiger partial charge on any atom is -0.478 e. The molecule has 1 heterocycles. The molecular weight excluding hydrogens is 324 g/mol. The van der Waals surface area contributed by atoms with Crippen LogP contribution in [0.4, 0.5) is 0 Å². The summed E-state index contributed by atoms with van der Waals surface area (Å²) in [6, 6.07) is 5.32. The van der Waals surface area contributed by atoms with Crippen molar-refractivity contribution in [2.24, 2.45) is 5.41 Å². The van der Waals surface area contributed by atoms with Gasteiger partial charge >= 0.3 is 11.9 Å².